The topological polar surface area (TPSA) is 40.2 Å². The molecule has 0 amide bonds. The number of benzene rings is 2. The number of hydrogen-bond acceptors (Lipinski definition) is 4. The van der Waals surface area contributed by atoms with Crippen molar-refractivity contribution in [3.63, 3.8) is 0 Å². The van der Waals surface area contributed by atoms with E-state index in [9.17, 15) is 0 Å². The van der Waals surface area contributed by atoms with E-state index in [1.807, 2.05) is 24.4 Å². The van der Waals surface area contributed by atoms with E-state index in [-0.39, 0.29) is 21.2 Å². The van der Waals surface area contributed by atoms with Gasteiger partial charge >= 0.3 is 34.5 Å². The number of pyridine rings is 1. The fraction of sp³-hybridized carbons (Fsp3) is 0.258. The molecule has 1 fully saturated rings. The third-order valence-electron chi connectivity index (χ3n) is 6.63. The first-order valence-electron chi connectivity index (χ1n) is 12.7. The first-order chi connectivity index (χ1) is 19.1. The molecule has 0 radical (unpaired) electrons. The summed E-state index contributed by atoms with van der Waals surface area (Å²) in [6, 6.07) is 13.2. The van der Waals surface area contributed by atoms with Gasteiger partial charge in [0, 0.05) is 39.8 Å². The van der Waals surface area contributed by atoms with Gasteiger partial charge in [0.05, 0.1) is 11.7 Å². The second-order valence-electron chi connectivity index (χ2n) is 9.79. The van der Waals surface area contributed by atoms with E-state index in [2.05, 4.69) is 124 Å². The Morgan fingerprint density at radius 2 is 1.50 bits per heavy atom. The Labute approximate surface area is 271 Å². The number of allylic oxidation sites excluding steroid dienone is 3. The van der Waals surface area contributed by atoms with E-state index in [1.54, 1.807) is 12.4 Å². The molecule has 1 saturated heterocycles. The maximum atomic E-state index is 4.85. The zero-order valence-electron chi connectivity index (χ0n) is 23.4. The molecule has 3 aromatic rings. The molecule has 1 aromatic heterocycles. The molecule has 2 aliphatic heterocycles. The second-order valence-corrected chi connectivity index (χ2v) is 14.2. The van der Waals surface area contributed by atoms with Crippen molar-refractivity contribution in [1.82, 2.24) is 15.6 Å². The van der Waals surface area contributed by atoms with E-state index in [4.69, 9.17) is 19.4 Å². The van der Waals surface area contributed by atoms with Crippen LogP contribution < -0.4 is 15.5 Å². The summed E-state index contributed by atoms with van der Waals surface area (Å²) in [4.78, 5) is 6.34. The summed E-state index contributed by atoms with van der Waals surface area (Å²) < 4.78 is 2.08. The molecule has 0 aliphatic carbocycles. The monoisotopic (exact) mass is 792 g/mol. The van der Waals surface area contributed by atoms with Crippen molar-refractivity contribution in [2.45, 2.75) is 47.6 Å². The molecule has 2 aliphatic rings. The van der Waals surface area contributed by atoms with Gasteiger partial charge in [-0.25, -0.2) is 0 Å². The number of halogens is 4. The molecule has 0 saturated carbocycles. The van der Waals surface area contributed by atoms with E-state index < -0.39 is 0 Å². The van der Waals surface area contributed by atoms with Crippen LogP contribution in [0, 0.1) is 41.5 Å². The Kier molecular flexibility index (Phi) is 12.8. The zero-order chi connectivity index (χ0) is 29.4. The zero-order valence-corrected chi connectivity index (χ0v) is 29.8. The predicted molar refractivity (Wildman–Crippen MR) is 174 cm³/mol. The van der Waals surface area contributed by atoms with Crippen LogP contribution in [0.2, 0.25) is 0 Å². The fourth-order valence-electron chi connectivity index (χ4n) is 5.44. The van der Waals surface area contributed by atoms with Gasteiger partial charge in [0.15, 0.2) is 0 Å². The molecule has 1 atom stereocenters. The molecule has 40 heavy (non-hydrogen) atoms. The van der Waals surface area contributed by atoms with Crippen molar-refractivity contribution < 1.29 is 15.1 Å². The third-order valence-corrected chi connectivity index (χ3v) is 7.76. The van der Waals surface area contributed by atoms with Crippen LogP contribution in [0.3, 0.4) is 0 Å². The van der Waals surface area contributed by atoms with Crippen LogP contribution in [0.25, 0.3) is 0 Å². The van der Waals surface area contributed by atoms with Gasteiger partial charge in [-0.15, -0.1) is 0 Å². The van der Waals surface area contributed by atoms with E-state index in [1.165, 1.54) is 44.6 Å². The predicted octanol–water partition coefficient (Wildman–Crippen LogP) is 9.47. The number of aryl methyl sites for hydroxylation is 6. The molecule has 4 nitrogen and oxygen atoms in total. The first kappa shape index (κ1) is 32.9. The molecular weight excluding hydrogens is 760 g/mol. The normalized spacial score (nSPS) is 17.7. The first-order valence-corrected chi connectivity index (χ1v) is 18.8. The van der Waals surface area contributed by atoms with Crippen LogP contribution in [0.1, 0.15) is 45.0 Å². The van der Waals surface area contributed by atoms with Crippen LogP contribution >= 0.6 is 51.2 Å². The summed E-state index contributed by atoms with van der Waals surface area (Å²) in [5.41, 5.74) is 11.7. The molecule has 0 spiro atoms. The van der Waals surface area contributed by atoms with Crippen LogP contribution in [0.4, 0.5) is 5.69 Å². The molecule has 9 heteroatoms. The maximum absolute atomic E-state index is 4.85. The average molecular weight is 794 g/mol. The number of hydrogen-bond donors (Lipinski definition) is 2. The van der Waals surface area contributed by atoms with Crippen LogP contribution in [0.15, 0.2) is 87.6 Å². The summed E-state index contributed by atoms with van der Waals surface area (Å²) in [7, 11) is 9.71. The Hall–Kier alpha value is -1.63. The van der Waals surface area contributed by atoms with E-state index in [0.717, 1.165) is 27.0 Å². The quantitative estimate of drug-likeness (QED) is 0.254. The molecule has 1 unspecified atom stereocenters. The Morgan fingerprint density at radius 3 is 1.98 bits per heavy atom. The summed E-state index contributed by atoms with van der Waals surface area (Å²) in [5.74, 6) is 1.11. The van der Waals surface area contributed by atoms with E-state index >= 15 is 0 Å². The Morgan fingerprint density at radius 1 is 0.925 bits per heavy atom. The van der Waals surface area contributed by atoms with Gasteiger partial charge in [-0.05, 0) is 126 Å². The summed E-state index contributed by atoms with van der Waals surface area (Å²) in [5, 5.41) is 7.18. The van der Waals surface area contributed by atoms with Gasteiger partial charge in [0.25, 0.3) is 0 Å². The molecule has 3 heterocycles. The van der Waals surface area contributed by atoms with Crippen LogP contribution in [-0.4, -0.2) is 11.5 Å². The van der Waals surface area contributed by atoms with Crippen molar-refractivity contribution in [2.75, 3.05) is 11.4 Å². The number of aromatic nitrogens is 1. The van der Waals surface area contributed by atoms with E-state index in [0.29, 0.717) is 0 Å². The summed E-state index contributed by atoms with van der Waals surface area (Å²) in [6.45, 7) is 14.1. The van der Waals surface area contributed by atoms with Gasteiger partial charge < -0.3 is 15.5 Å². The van der Waals surface area contributed by atoms with Crippen LogP contribution in [0.5, 0.6) is 0 Å². The SMILES string of the molecule is Brc1cccnc1.Cc1cc(C)c(C2CNC(=C3NC=CC=C3Br)N2c2c(C)cc(C)cc2C)c(C)c1.[Cl][Ru][Cl]. The minimum absolute atomic E-state index is 0.223. The fourth-order valence-corrected chi connectivity index (χ4v) is 6.17. The number of dihydropyridines is 1. The Balaban J connectivity index is 0.000000374. The number of nitrogens with one attached hydrogen (secondary N) is 2. The van der Waals surface area contributed by atoms with Gasteiger partial charge in [0.2, 0.25) is 0 Å². The van der Waals surface area contributed by atoms with Gasteiger partial charge in [0.1, 0.15) is 5.82 Å². The molecule has 0 bridgehead atoms. The van der Waals surface area contributed by atoms with Gasteiger partial charge in [-0.3, -0.25) is 4.98 Å². The van der Waals surface area contributed by atoms with Crippen molar-refractivity contribution in [1.29, 1.82) is 0 Å². The minimum atomic E-state index is -0.346. The molecule has 214 valence electrons. The third kappa shape index (κ3) is 8.23. The van der Waals surface area contributed by atoms with Crippen molar-refractivity contribution >= 4 is 56.9 Å². The molecule has 2 N–H and O–H groups in total. The second kappa shape index (κ2) is 15.6. The van der Waals surface area contributed by atoms with Crippen molar-refractivity contribution in [3.8, 4) is 0 Å². The average Bonchev–Trinajstić information content (AvgIpc) is 3.28. The number of rotatable bonds is 2. The molecule has 2 aromatic carbocycles. The Bertz CT molecular complexity index is 1380. The molecular formula is C31H34Br2Cl2N4Ru. The standard InChI is InChI=1S/C26H30BrN3.C5H4BrN.2ClH.Ru/c1-15-10-17(3)23(18(4)11-15)22-14-29-26(24-21(27)8-7-9-28-24)30(22)25-19(5)12-16(2)13-20(25)6;6-5-2-1-3-7-4-5;;;/h7-13,22,28-29H,14H2,1-6H3;1-4H;2*1H;/q;;;;+2/p-2. The number of nitrogens with zero attached hydrogens (tertiary/aromatic N) is 2. The summed E-state index contributed by atoms with van der Waals surface area (Å²) >= 11 is 6.65. The van der Waals surface area contributed by atoms with Crippen molar-refractivity contribution in [2.24, 2.45) is 0 Å². The van der Waals surface area contributed by atoms with Crippen LogP contribution in [-0.2, 0) is 15.1 Å². The molecule has 5 rings (SSSR count). The van der Waals surface area contributed by atoms with Gasteiger partial charge in [-0.1, -0.05) is 35.4 Å². The van der Waals surface area contributed by atoms with Gasteiger partial charge in [-0.2, -0.15) is 0 Å². The number of anilines is 1. The summed E-state index contributed by atoms with van der Waals surface area (Å²) in [6.07, 6.45) is 9.58. The van der Waals surface area contributed by atoms with Crippen molar-refractivity contribution in [3.05, 3.63) is 127 Å².